The Balaban J connectivity index is 3.93. The number of ether oxygens (including phenoxy) is 2. The van der Waals surface area contributed by atoms with E-state index in [1.165, 1.54) is 295 Å². The second-order valence-electron chi connectivity index (χ2n) is 23.9. The minimum atomic E-state index is -4.53. The minimum absolute atomic E-state index is 0.0322. The zero-order chi connectivity index (χ0) is 53.3. The summed E-state index contributed by atoms with van der Waals surface area (Å²) in [4.78, 5) is 25.3. The van der Waals surface area contributed by atoms with E-state index >= 15 is 0 Å². The Morgan fingerprint density at radius 2 is 0.630 bits per heavy atom. The Hall–Kier alpha value is -0.500. The van der Waals surface area contributed by atoms with Gasteiger partial charge in [0, 0.05) is 13.0 Å². The van der Waals surface area contributed by atoms with Gasteiger partial charge in [0.05, 0.1) is 34.4 Å². The molecule has 438 valence electrons. The Morgan fingerprint density at radius 3 is 0.904 bits per heavy atom. The first-order chi connectivity index (χ1) is 35.6. The molecule has 0 N–H and O–H groups in total. The SMILES string of the molecule is CCCCCCCCCCCCCCCCCCCCCCCCCCCCOCC(COP(=O)([O-])OCC[N+](C)(C)C)OC(=O)CCCCCCCCCCCCCCCCCCCCCCCCCCC. The number of likely N-dealkylation sites (N-methyl/N-ethyl adjacent to an activating group) is 1. The number of carbonyl (C=O) groups excluding carboxylic acids is 1. The van der Waals surface area contributed by atoms with Crippen molar-refractivity contribution in [3.05, 3.63) is 0 Å². The summed E-state index contributed by atoms with van der Waals surface area (Å²) in [6, 6.07) is 0. The second kappa shape index (κ2) is 57.7. The number of esters is 1. The van der Waals surface area contributed by atoms with Gasteiger partial charge < -0.3 is 27.9 Å². The number of phosphoric ester groups is 1. The highest BCUT2D eigenvalue weighted by Gasteiger charge is 2.20. The minimum Gasteiger partial charge on any atom is -0.756 e. The summed E-state index contributed by atoms with van der Waals surface area (Å²) in [5.41, 5.74) is 0. The number of quaternary nitrogens is 1. The van der Waals surface area contributed by atoms with E-state index in [2.05, 4.69) is 13.8 Å². The first kappa shape index (κ1) is 72.5. The molecular weight excluding hydrogens is 926 g/mol. The van der Waals surface area contributed by atoms with Crippen molar-refractivity contribution in [2.75, 3.05) is 54.1 Å². The van der Waals surface area contributed by atoms with Crippen LogP contribution in [0.2, 0.25) is 0 Å². The van der Waals surface area contributed by atoms with Gasteiger partial charge >= 0.3 is 5.97 Å². The van der Waals surface area contributed by atoms with E-state index in [4.69, 9.17) is 18.5 Å². The normalized spacial score (nSPS) is 13.2. The van der Waals surface area contributed by atoms with Crippen molar-refractivity contribution in [1.82, 2.24) is 0 Å². The first-order valence-corrected chi connectivity index (χ1v) is 34.2. The fourth-order valence-corrected chi connectivity index (χ4v) is 10.9. The Bertz CT molecular complexity index is 1130. The largest absolute Gasteiger partial charge is 0.756 e. The lowest BCUT2D eigenvalue weighted by Gasteiger charge is -2.28. The first-order valence-electron chi connectivity index (χ1n) is 32.8. The van der Waals surface area contributed by atoms with E-state index in [9.17, 15) is 14.3 Å². The van der Waals surface area contributed by atoms with Crippen molar-refractivity contribution >= 4 is 13.8 Å². The van der Waals surface area contributed by atoms with Gasteiger partial charge in [0.15, 0.2) is 0 Å². The summed E-state index contributed by atoms with van der Waals surface area (Å²) in [7, 11) is 1.39. The number of phosphoric acid groups is 1. The van der Waals surface area contributed by atoms with Crippen LogP contribution in [0.5, 0.6) is 0 Å². The highest BCUT2D eigenvalue weighted by Crippen LogP contribution is 2.38. The molecule has 0 aliphatic heterocycles. The standard InChI is InChI=1S/C64H130NO7P/c1-6-8-10-12-14-16-18-20-22-24-26-28-30-32-34-36-38-40-42-44-46-48-50-52-54-56-59-69-61-63(62-71-73(67,68)70-60-58-65(3,4)5)72-64(66)57-55-53-51-49-47-45-43-41-39-37-35-33-31-29-27-25-23-21-19-17-15-13-11-9-7-2/h63H,6-62H2,1-5H3. The number of hydrogen-bond donors (Lipinski definition) is 0. The van der Waals surface area contributed by atoms with Gasteiger partial charge in [0.25, 0.3) is 7.82 Å². The summed E-state index contributed by atoms with van der Waals surface area (Å²) >= 11 is 0. The molecule has 0 aliphatic rings. The highest BCUT2D eigenvalue weighted by molar-refractivity contribution is 7.45. The third kappa shape index (κ3) is 62.2. The van der Waals surface area contributed by atoms with Crippen molar-refractivity contribution in [3.63, 3.8) is 0 Å². The maximum atomic E-state index is 12.8. The molecule has 0 saturated carbocycles. The van der Waals surface area contributed by atoms with E-state index in [1.54, 1.807) is 0 Å². The van der Waals surface area contributed by atoms with Crippen LogP contribution >= 0.6 is 7.82 Å². The maximum Gasteiger partial charge on any atom is 0.306 e. The average molecular weight is 1060 g/mol. The number of nitrogens with zero attached hydrogens (tertiary/aromatic N) is 1. The van der Waals surface area contributed by atoms with Crippen LogP contribution in [0.3, 0.4) is 0 Å². The third-order valence-electron chi connectivity index (χ3n) is 15.2. The van der Waals surface area contributed by atoms with E-state index in [-0.39, 0.29) is 25.8 Å². The summed E-state index contributed by atoms with van der Waals surface area (Å²) in [5, 5.41) is 0. The monoisotopic (exact) mass is 1060 g/mol. The number of hydrogen-bond acceptors (Lipinski definition) is 7. The lowest BCUT2D eigenvalue weighted by atomic mass is 10.0. The summed E-state index contributed by atoms with van der Waals surface area (Å²) in [6.07, 6.45) is 68.9. The van der Waals surface area contributed by atoms with Crippen LogP contribution < -0.4 is 4.89 Å². The smallest absolute Gasteiger partial charge is 0.306 e. The zero-order valence-corrected chi connectivity index (χ0v) is 51.0. The molecule has 2 unspecified atom stereocenters. The molecular formula is C64H130NO7P. The molecule has 0 aromatic rings. The van der Waals surface area contributed by atoms with Crippen molar-refractivity contribution < 1.29 is 37.3 Å². The highest BCUT2D eigenvalue weighted by atomic mass is 31.2. The summed E-state index contributed by atoms with van der Waals surface area (Å²) in [6.45, 7) is 5.53. The van der Waals surface area contributed by atoms with E-state index in [0.717, 1.165) is 32.1 Å². The van der Waals surface area contributed by atoms with Gasteiger partial charge in [-0.05, 0) is 12.8 Å². The van der Waals surface area contributed by atoms with Gasteiger partial charge in [-0.15, -0.1) is 0 Å². The van der Waals surface area contributed by atoms with Gasteiger partial charge in [0.1, 0.15) is 19.3 Å². The van der Waals surface area contributed by atoms with E-state index in [0.29, 0.717) is 24.1 Å². The molecule has 0 heterocycles. The van der Waals surface area contributed by atoms with Crippen LogP contribution in [0.15, 0.2) is 0 Å². The average Bonchev–Trinajstić information content (AvgIpc) is 3.35. The molecule has 0 aromatic heterocycles. The van der Waals surface area contributed by atoms with Crippen molar-refractivity contribution in [2.24, 2.45) is 0 Å². The van der Waals surface area contributed by atoms with Crippen molar-refractivity contribution in [3.8, 4) is 0 Å². The molecule has 0 rings (SSSR count). The quantitative estimate of drug-likeness (QED) is 0.0259. The van der Waals surface area contributed by atoms with Crippen LogP contribution in [0.1, 0.15) is 348 Å². The Kier molecular flexibility index (Phi) is 57.3. The molecule has 0 amide bonds. The zero-order valence-electron chi connectivity index (χ0n) is 50.1. The van der Waals surface area contributed by atoms with Crippen molar-refractivity contribution in [2.45, 2.75) is 354 Å². The molecule has 0 bridgehead atoms. The molecule has 0 fully saturated rings. The fourth-order valence-electron chi connectivity index (χ4n) is 10.1. The number of carbonyl (C=O) groups is 1. The van der Waals surface area contributed by atoms with E-state index in [1.807, 2.05) is 21.1 Å². The van der Waals surface area contributed by atoms with Gasteiger partial charge in [-0.1, -0.05) is 328 Å². The predicted molar refractivity (Wildman–Crippen MR) is 315 cm³/mol. The van der Waals surface area contributed by atoms with Crippen molar-refractivity contribution in [1.29, 1.82) is 0 Å². The molecule has 0 aromatic carbocycles. The summed E-state index contributed by atoms with van der Waals surface area (Å²) < 4.78 is 35.0. The molecule has 73 heavy (non-hydrogen) atoms. The van der Waals surface area contributed by atoms with Gasteiger partial charge in [-0.2, -0.15) is 0 Å². The summed E-state index contributed by atoms with van der Waals surface area (Å²) in [5.74, 6) is -0.321. The molecule has 9 heteroatoms. The lowest BCUT2D eigenvalue weighted by Crippen LogP contribution is -2.37. The van der Waals surface area contributed by atoms with E-state index < -0.39 is 13.9 Å². The van der Waals surface area contributed by atoms with Crippen LogP contribution in [0, 0.1) is 0 Å². The van der Waals surface area contributed by atoms with Crippen LogP contribution in [-0.4, -0.2) is 70.7 Å². The molecule has 0 aliphatic carbocycles. The molecule has 8 nitrogen and oxygen atoms in total. The third-order valence-corrected chi connectivity index (χ3v) is 16.1. The molecule has 2 atom stereocenters. The topological polar surface area (TPSA) is 94.1 Å². The lowest BCUT2D eigenvalue weighted by molar-refractivity contribution is -0.870. The molecule has 0 radical (unpaired) electrons. The number of unbranched alkanes of at least 4 members (excludes halogenated alkanes) is 49. The Labute approximate surface area is 457 Å². The van der Waals surface area contributed by atoms with Crippen LogP contribution in [0.25, 0.3) is 0 Å². The molecule has 0 saturated heterocycles. The van der Waals surface area contributed by atoms with Crippen LogP contribution in [0.4, 0.5) is 0 Å². The van der Waals surface area contributed by atoms with Crippen LogP contribution in [-0.2, 0) is 27.9 Å². The van der Waals surface area contributed by atoms with Gasteiger partial charge in [-0.3, -0.25) is 9.36 Å². The predicted octanol–water partition coefficient (Wildman–Crippen LogP) is 20.4. The maximum absolute atomic E-state index is 12.8. The number of rotatable bonds is 63. The Morgan fingerprint density at radius 1 is 0.370 bits per heavy atom. The second-order valence-corrected chi connectivity index (χ2v) is 25.3. The molecule has 0 spiro atoms. The fraction of sp³-hybridized carbons (Fsp3) is 0.984. The van der Waals surface area contributed by atoms with Gasteiger partial charge in [0.2, 0.25) is 0 Å². The van der Waals surface area contributed by atoms with Gasteiger partial charge in [-0.25, -0.2) is 0 Å².